The Labute approximate surface area is 297 Å². The zero-order valence-corrected chi connectivity index (χ0v) is 29.0. The van der Waals surface area contributed by atoms with Crippen molar-refractivity contribution in [2.75, 3.05) is 13.6 Å². The van der Waals surface area contributed by atoms with E-state index in [4.69, 9.17) is 16.6 Å². The molecule has 1 amide bonds. The van der Waals surface area contributed by atoms with Gasteiger partial charge in [0.2, 0.25) is 0 Å². The number of hydrogen-bond donors (Lipinski definition) is 2. The van der Waals surface area contributed by atoms with Gasteiger partial charge in [-0.1, -0.05) is 23.7 Å². The SMILES string of the molecule is CNC(=O)c1ccc(-c2nc3c(F)c(-c4cccc(Cl)c4C)c(CCC#N)cc3c3c2cc([C@@H](C)n2ccncc2=O)n3[C@H]2[C@H]3CN[C@@H]2C3)cn1. The summed E-state index contributed by atoms with van der Waals surface area (Å²) in [6.45, 7) is 4.70. The fraction of sp³-hybridized carbons (Fsp3) is 0.282. The maximum Gasteiger partial charge on any atom is 0.269 e. The minimum Gasteiger partial charge on any atom is -0.354 e. The van der Waals surface area contributed by atoms with E-state index in [9.17, 15) is 14.9 Å². The number of halogens is 2. The lowest BCUT2D eigenvalue weighted by molar-refractivity contribution is 0.0958. The quantitative estimate of drug-likeness (QED) is 0.185. The second kappa shape index (κ2) is 12.7. The third-order valence-electron chi connectivity index (χ3n) is 10.7. The molecule has 2 N–H and O–H groups in total. The molecule has 1 saturated carbocycles. The summed E-state index contributed by atoms with van der Waals surface area (Å²) in [5.41, 5.74) is 5.36. The van der Waals surface area contributed by atoms with E-state index in [2.05, 4.69) is 37.3 Å². The molecule has 4 aromatic heterocycles. The number of nitrogens with one attached hydrogen (secondary N) is 2. The van der Waals surface area contributed by atoms with E-state index in [1.165, 1.54) is 6.20 Å². The first kappa shape index (κ1) is 32.7. The molecule has 256 valence electrons. The third kappa shape index (κ3) is 5.20. The molecule has 4 atom stereocenters. The molecule has 0 spiro atoms. The van der Waals surface area contributed by atoms with Crippen molar-refractivity contribution >= 4 is 39.3 Å². The van der Waals surface area contributed by atoms with Crippen molar-refractivity contribution in [2.45, 2.75) is 51.2 Å². The number of benzene rings is 2. The van der Waals surface area contributed by atoms with Crippen LogP contribution in [0.3, 0.4) is 0 Å². The molecule has 12 heteroatoms. The summed E-state index contributed by atoms with van der Waals surface area (Å²) < 4.78 is 21.5. The van der Waals surface area contributed by atoms with Crippen LogP contribution >= 0.6 is 11.6 Å². The zero-order valence-electron chi connectivity index (χ0n) is 28.2. The highest BCUT2D eigenvalue weighted by molar-refractivity contribution is 6.31. The van der Waals surface area contributed by atoms with Gasteiger partial charge in [-0.25, -0.2) is 9.37 Å². The summed E-state index contributed by atoms with van der Waals surface area (Å²) in [5.74, 6) is -0.484. The number of aromatic nitrogens is 5. The minimum absolute atomic E-state index is 0.0603. The van der Waals surface area contributed by atoms with Gasteiger partial charge in [0, 0.05) is 77.3 Å². The first-order valence-electron chi connectivity index (χ1n) is 17.0. The molecule has 2 aliphatic heterocycles. The average Bonchev–Trinajstić information content (AvgIpc) is 3.89. The highest BCUT2D eigenvalue weighted by Crippen LogP contribution is 2.50. The van der Waals surface area contributed by atoms with Crippen LogP contribution in [0.25, 0.3) is 44.2 Å². The fourth-order valence-corrected chi connectivity index (χ4v) is 8.20. The molecule has 3 fully saturated rings. The Kier molecular flexibility index (Phi) is 8.16. The Morgan fingerprint density at radius 3 is 2.75 bits per heavy atom. The Morgan fingerprint density at radius 1 is 1.22 bits per heavy atom. The number of rotatable bonds is 8. The van der Waals surface area contributed by atoms with Crippen molar-refractivity contribution in [1.29, 1.82) is 5.26 Å². The first-order chi connectivity index (χ1) is 24.7. The molecule has 9 rings (SSSR count). The molecule has 0 unspecified atom stereocenters. The lowest BCUT2D eigenvalue weighted by atomic mass is 9.79. The Hall–Kier alpha value is -5.44. The highest BCUT2D eigenvalue weighted by Gasteiger charge is 2.49. The Morgan fingerprint density at radius 2 is 2.06 bits per heavy atom. The molecule has 0 radical (unpaired) electrons. The van der Waals surface area contributed by atoms with Gasteiger partial charge in [-0.2, -0.15) is 5.26 Å². The maximum absolute atomic E-state index is 17.5. The largest absolute Gasteiger partial charge is 0.354 e. The number of carbonyl (C=O) groups excluding carboxylic acids is 1. The molecule has 6 aromatic rings. The Balaban J connectivity index is 1.51. The summed E-state index contributed by atoms with van der Waals surface area (Å²) in [5, 5.41) is 17.8. The second-order valence-corrected chi connectivity index (χ2v) is 13.8. The molecule has 2 aromatic carbocycles. The van der Waals surface area contributed by atoms with Gasteiger partial charge in [-0.3, -0.25) is 19.6 Å². The van der Waals surface area contributed by atoms with E-state index in [1.54, 1.807) is 54.5 Å². The first-order valence-corrected chi connectivity index (χ1v) is 17.4. The Bertz CT molecular complexity index is 2470. The fourth-order valence-electron chi connectivity index (χ4n) is 8.03. The predicted octanol–water partition coefficient (Wildman–Crippen LogP) is 6.53. The van der Waals surface area contributed by atoms with Crippen LogP contribution in [0.2, 0.25) is 5.02 Å². The number of pyridine rings is 2. The molecule has 1 aliphatic carbocycles. The number of aryl methyl sites for hydroxylation is 1. The van der Waals surface area contributed by atoms with Gasteiger partial charge in [0.1, 0.15) is 11.2 Å². The van der Waals surface area contributed by atoms with Gasteiger partial charge < -0.3 is 19.8 Å². The molecule has 3 aliphatic rings. The second-order valence-electron chi connectivity index (χ2n) is 13.4. The molecular formula is C39H34ClFN8O2. The number of hydrogen-bond acceptors (Lipinski definition) is 7. The number of nitrogens with zero attached hydrogens (tertiary/aromatic N) is 6. The van der Waals surface area contributed by atoms with Gasteiger partial charge in [0.15, 0.2) is 5.82 Å². The van der Waals surface area contributed by atoms with Crippen molar-refractivity contribution in [2.24, 2.45) is 5.92 Å². The summed E-state index contributed by atoms with van der Waals surface area (Å²) in [6.07, 6.45) is 7.70. The maximum atomic E-state index is 17.5. The van der Waals surface area contributed by atoms with Crippen LogP contribution in [-0.4, -0.2) is 49.6 Å². The van der Waals surface area contributed by atoms with Gasteiger partial charge in [-0.15, -0.1) is 0 Å². The predicted molar refractivity (Wildman–Crippen MR) is 194 cm³/mol. The van der Waals surface area contributed by atoms with E-state index in [1.807, 2.05) is 26.0 Å². The number of amides is 1. The summed E-state index contributed by atoms with van der Waals surface area (Å²) in [6, 6.07) is 14.9. The molecule has 2 saturated heterocycles. The topological polar surface area (TPSA) is 131 Å². The highest BCUT2D eigenvalue weighted by atomic mass is 35.5. The standard InChI is InChI=1S/C39H34ClFN8O2/c1-20-25(7-4-8-28(20)40)33-22(6-5-11-42)14-26-36(34(33)41)47-35(23-9-10-29(45-17-23)39(51)43-3)27-16-31(21(2)48-13-12-44-19-32(48)50)49(38(26)27)37-24-15-30(37)46-18-24/h4,7-10,12-14,16-17,19,21,24,30,37,46H,5-6,15,18H2,1-3H3,(H,43,51)/t21-,24-,30-,37+/m1/s1. The zero-order chi connectivity index (χ0) is 35.6. The van der Waals surface area contributed by atoms with Gasteiger partial charge in [0.25, 0.3) is 11.5 Å². The van der Waals surface area contributed by atoms with Crippen LogP contribution in [0.4, 0.5) is 4.39 Å². The molecule has 51 heavy (non-hydrogen) atoms. The molecule has 2 bridgehead atoms. The van der Waals surface area contributed by atoms with Crippen LogP contribution in [0, 0.1) is 30.0 Å². The number of fused-ring (bicyclic) bond motifs is 4. The summed E-state index contributed by atoms with van der Waals surface area (Å²) in [4.78, 5) is 39.0. The normalized spacial score (nSPS) is 18.5. The van der Waals surface area contributed by atoms with Crippen LogP contribution in [-0.2, 0) is 6.42 Å². The lowest BCUT2D eigenvalue weighted by Gasteiger charge is -2.38. The van der Waals surface area contributed by atoms with Crippen molar-refractivity contribution in [3.05, 3.63) is 111 Å². The minimum atomic E-state index is -0.508. The van der Waals surface area contributed by atoms with E-state index in [0.29, 0.717) is 50.7 Å². The average molecular weight is 701 g/mol. The third-order valence-corrected chi connectivity index (χ3v) is 11.1. The van der Waals surface area contributed by atoms with Gasteiger partial charge in [-0.05, 0) is 79.6 Å². The lowest BCUT2D eigenvalue weighted by Crippen LogP contribution is -2.40. The molecular weight excluding hydrogens is 667 g/mol. The van der Waals surface area contributed by atoms with Gasteiger partial charge in [0.05, 0.1) is 35.6 Å². The van der Waals surface area contributed by atoms with Crippen LogP contribution < -0.4 is 16.2 Å². The van der Waals surface area contributed by atoms with Crippen LogP contribution in [0.5, 0.6) is 0 Å². The molecule has 6 heterocycles. The smallest absolute Gasteiger partial charge is 0.269 e. The van der Waals surface area contributed by atoms with Crippen LogP contribution in [0.1, 0.15) is 59.2 Å². The van der Waals surface area contributed by atoms with Gasteiger partial charge >= 0.3 is 0 Å². The van der Waals surface area contributed by atoms with E-state index in [0.717, 1.165) is 35.1 Å². The summed E-state index contributed by atoms with van der Waals surface area (Å²) >= 11 is 6.56. The number of nitriles is 1. The van der Waals surface area contributed by atoms with Crippen molar-refractivity contribution < 1.29 is 9.18 Å². The van der Waals surface area contributed by atoms with Crippen molar-refractivity contribution in [3.8, 4) is 28.5 Å². The van der Waals surface area contributed by atoms with E-state index >= 15 is 4.39 Å². The van der Waals surface area contributed by atoms with E-state index in [-0.39, 0.29) is 41.2 Å². The van der Waals surface area contributed by atoms with Crippen molar-refractivity contribution in [1.82, 2.24) is 34.7 Å². The molecule has 10 nitrogen and oxygen atoms in total. The monoisotopic (exact) mass is 700 g/mol. The van der Waals surface area contributed by atoms with Crippen molar-refractivity contribution in [3.63, 3.8) is 0 Å². The summed E-state index contributed by atoms with van der Waals surface area (Å²) in [7, 11) is 1.54. The van der Waals surface area contributed by atoms with Crippen LogP contribution in [0.15, 0.2) is 72.0 Å². The van der Waals surface area contributed by atoms with E-state index < -0.39 is 11.9 Å². The number of carbonyl (C=O) groups is 1.